The van der Waals surface area contributed by atoms with Crippen molar-refractivity contribution in [3.05, 3.63) is 214 Å². The van der Waals surface area contributed by atoms with Crippen LogP contribution in [-0.4, -0.2) is 6.04 Å². The van der Waals surface area contributed by atoms with E-state index in [-0.39, 0.29) is 12.0 Å². The summed E-state index contributed by atoms with van der Waals surface area (Å²) in [7, 11) is 0. The van der Waals surface area contributed by atoms with Gasteiger partial charge in [-0.15, -0.1) is 0 Å². The summed E-state index contributed by atoms with van der Waals surface area (Å²) in [5, 5.41) is 0. The Morgan fingerprint density at radius 1 is 0.554 bits per heavy atom. The Morgan fingerprint density at radius 2 is 1.18 bits per heavy atom. The van der Waals surface area contributed by atoms with Gasteiger partial charge in [0.2, 0.25) is 0 Å². The Kier molecular flexibility index (Phi) is 7.58. The molecule has 0 saturated carbocycles. The molecule has 0 amide bonds. The Bertz CT molecular complexity index is 2580. The van der Waals surface area contributed by atoms with E-state index in [4.69, 9.17) is 0 Å². The van der Waals surface area contributed by atoms with E-state index in [1.54, 1.807) is 4.90 Å². The number of hydrogen-bond acceptors (Lipinski definition) is 2. The van der Waals surface area contributed by atoms with Crippen molar-refractivity contribution in [3.8, 4) is 11.1 Å². The minimum absolute atomic E-state index is 0.0303. The van der Waals surface area contributed by atoms with E-state index in [1.807, 2.05) is 30.3 Å². The molecule has 0 aromatic heterocycles. The first-order chi connectivity index (χ1) is 27.0. The summed E-state index contributed by atoms with van der Waals surface area (Å²) in [5.74, 6) is 0.0303. The number of nitrogens with zero attached hydrogens (tertiary/aromatic N) is 2. The van der Waals surface area contributed by atoms with Crippen molar-refractivity contribution in [1.82, 2.24) is 0 Å². The van der Waals surface area contributed by atoms with E-state index in [0.717, 1.165) is 52.2 Å². The molecular weight excluding hydrogens is 719 g/mol. The molecule has 5 aliphatic rings. The zero-order valence-electron chi connectivity index (χ0n) is 29.5. The second kappa shape index (κ2) is 12.5. The van der Waals surface area contributed by atoms with E-state index in [1.165, 1.54) is 57.8 Å². The average molecular weight is 749 g/mol. The monoisotopic (exact) mass is 748 g/mol. The second-order valence-electron chi connectivity index (χ2n) is 14.3. The summed E-state index contributed by atoms with van der Waals surface area (Å²) in [6.07, 6.45) is 10.8. The number of halogens is 6. The van der Waals surface area contributed by atoms with Crippen LogP contribution < -0.4 is 9.80 Å². The van der Waals surface area contributed by atoms with Crippen molar-refractivity contribution in [2.24, 2.45) is 0 Å². The highest BCUT2D eigenvalue weighted by atomic mass is 19.4. The van der Waals surface area contributed by atoms with Gasteiger partial charge < -0.3 is 9.80 Å². The first-order valence-electron chi connectivity index (χ1n) is 18.2. The van der Waals surface area contributed by atoms with Crippen LogP contribution in [-0.2, 0) is 12.4 Å². The smallest absolute Gasteiger partial charge is 0.330 e. The van der Waals surface area contributed by atoms with Crippen LogP contribution in [0.2, 0.25) is 0 Å². The van der Waals surface area contributed by atoms with E-state index >= 15 is 0 Å². The standard InChI is InChI=1S/C48H30F6N2/c49-47(50,51)32-15-21-36(22-16-32)55(37-23-17-33(18-24-37)48(52,53)54)35-19-12-29(13-20-35)38-25-14-30-10-11-31-28-42-39-8-4-5-9-43(39)56(34-6-2-1-3-7-34)46(42)41-27-26-40(38)44(30)45(31)41/h1-28,43,45H. The molecule has 10 rings (SSSR count). The molecule has 2 atom stereocenters. The van der Waals surface area contributed by atoms with Crippen LogP contribution in [0.1, 0.15) is 33.7 Å². The Balaban J connectivity index is 1.06. The van der Waals surface area contributed by atoms with Gasteiger partial charge in [0.15, 0.2) is 0 Å². The summed E-state index contributed by atoms with van der Waals surface area (Å²) in [6, 6.07) is 31.6. The fourth-order valence-electron chi connectivity index (χ4n) is 8.69. The molecule has 2 nitrogen and oxygen atoms in total. The highest BCUT2D eigenvalue weighted by Gasteiger charge is 2.43. The fraction of sp³-hybridized carbons (Fsp3) is 0.0833. The van der Waals surface area contributed by atoms with Gasteiger partial charge in [0.05, 0.1) is 22.9 Å². The lowest BCUT2D eigenvalue weighted by molar-refractivity contribution is -0.138. The van der Waals surface area contributed by atoms with E-state index < -0.39 is 23.5 Å². The number of hydrogen-bond donors (Lipinski definition) is 0. The van der Waals surface area contributed by atoms with Crippen LogP contribution in [0.3, 0.4) is 0 Å². The fourth-order valence-corrected chi connectivity index (χ4v) is 8.69. The van der Waals surface area contributed by atoms with E-state index in [0.29, 0.717) is 17.1 Å². The molecule has 0 spiro atoms. The number of benzene rings is 5. The summed E-state index contributed by atoms with van der Waals surface area (Å²) in [6.45, 7) is 0. The molecule has 274 valence electrons. The molecule has 4 aliphatic carbocycles. The van der Waals surface area contributed by atoms with Crippen molar-refractivity contribution in [3.63, 3.8) is 0 Å². The van der Waals surface area contributed by atoms with E-state index in [2.05, 4.69) is 96.0 Å². The van der Waals surface area contributed by atoms with Gasteiger partial charge in [-0.2, -0.15) is 26.3 Å². The zero-order valence-corrected chi connectivity index (χ0v) is 29.5. The molecule has 5 aromatic carbocycles. The van der Waals surface area contributed by atoms with Gasteiger partial charge in [0, 0.05) is 34.2 Å². The first-order valence-corrected chi connectivity index (χ1v) is 18.2. The third-order valence-corrected chi connectivity index (χ3v) is 11.2. The lowest BCUT2D eigenvalue weighted by atomic mass is 9.68. The van der Waals surface area contributed by atoms with Crippen molar-refractivity contribution < 1.29 is 26.3 Å². The summed E-state index contributed by atoms with van der Waals surface area (Å²) >= 11 is 0. The number of fused-ring (bicyclic) bond motifs is 2. The first kappa shape index (κ1) is 34.0. The summed E-state index contributed by atoms with van der Waals surface area (Å²) in [5.41, 5.74) is 12.5. The topological polar surface area (TPSA) is 6.48 Å². The highest BCUT2D eigenvalue weighted by Crippen LogP contribution is 2.55. The maximum atomic E-state index is 13.5. The molecule has 5 aromatic rings. The van der Waals surface area contributed by atoms with Crippen LogP contribution in [0.4, 0.5) is 49.1 Å². The van der Waals surface area contributed by atoms with Gasteiger partial charge in [0.25, 0.3) is 0 Å². The minimum Gasteiger partial charge on any atom is -0.330 e. The second-order valence-corrected chi connectivity index (χ2v) is 14.3. The third kappa shape index (κ3) is 5.42. The number of para-hydroxylation sites is 1. The minimum atomic E-state index is -4.53. The highest BCUT2D eigenvalue weighted by molar-refractivity contribution is 5.90. The molecule has 0 saturated heterocycles. The van der Waals surface area contributed by atoms with Gasteiger partial charge in [0.1, 0.15) is 0 Å². The SMILES string of the molecule is FC(F)(F)c1ccc(N(c2ccc(-c3ccc4c5c3C=CC3=C6C(=C7C=CC=CC7N6c6ccccc6)C=C(C=C4)C35)cc2)c2ccc(C(F)(F)F)cc2)cc1. The van der Waals surface area contributed by atoms with Crippen molar-refractivity contribution in [2.45, 2.75) is 24.3 Å². The van der Waals surface area contributed by atoms with Crippen LogP contribution in [0, 0.1) is 0 Å². The number of rotatable bonds is 5. The maximum Gasteiger partial charge on any atom is 0.416 e. The van der Waals surface area contributed by atoms with Gasteiger partial charge in [-0.1, -0.05) is 91.1 Å². The van der Waals surface area contributed by atoms with Crippen LogP contribution in [0.25, 0.3) is 23.3 Å². The Morgan fingerprint density at radius 3 is 1.80 bits per heavy atom. The lowest BCUT2D eigenvalue weighted by Gasteiger charge is -2.38. The van der Waals surface area contributed by atoms with Gasteiger partial charge in [-0.3, -0.25) is 0 Å². The van der Waals surface area contributed by atoms with Crippen molar-refractivity contribution >= 4 is 34.9 Å². The number of anilines is 4. The third-order valence-electron chi connectivity index (χ3n) is 11.2. The van der Waals surface area contributed by atoms with Crippen molar-refractivity contribution in [1.29, 1.82) is 0 Å². The molecule has 0 N–H and O–H groups in total. The maximum absolute atomic E-state index is 13.5. The van der Waals surface area contributed by atoms with Crippen LogP contribution in [0.5, 0.6) is 0 Å². The Labute approximate surface area is 319 Å². The molecule has 1 heterocycles. The summed E-state index contributed by atoms with van der Waals surface area (Å²) in [4.78, 5) is 4.10. The molecule has 0 radical (unpaired) electrons. The normalized spacial score (nSPS) is 18.9. The molecule has 56 heavy (non-hydrogen) atoms. The predicted octanol–water partition coefficient (Wildman–Crippen LogP) is 13.5. The van der Waals surface area contributed by atoms with Gasteiger partial charge in [-0.05, 0) is 123 Å². The Hall–Kier alpha value is -6.54. The number of alkyl halides is 6. The average Bonchev–Trinajstić information content (AvgIpc) is 3.54. The van der Waals surface area contributed by atoms with Gasteiger partial charge >= 0.3 is 12.4 Å². The lowest BCUT2D eigenvalue weighted by Crippen LogP contribution is -2.32. The zero-order chi connectivity index (χ0) is 38.3. The van der Waals surface area contributed by atoms with E-state index in [9.17, 15) is 26.3 Å². The number of allylic oxidation sites excluding steroid dienone is 7. The van der Waals surface area contributed by atoms with Crippen molar-refractivity contribution in [2.75, 3.05) is 9.80 Å². The molecule has 0 fully saturated rings. The van der Waals surface area contributed by atoms with Crippen LogP contribution >= 0.6 is 0 Å². The van der Waals surface area contributed by atoms with Crippen LogP contribution in [0.15, 0.2) is 186 Å². The quantitative estimate of drug-likeness (QED) is 0.165. The van der Waals surface area contributed by atoms with Gasteiger partial charge in [-0.25, -0.2) is 0 Å². The molecule has 1 aliphatic heterocycles. The predicted molar refractivity (Wildman–Crippen MR) is 210 cm³/mol. The molecular formula is C48H30F6N2. The molecule has 2 unspecified atom stereocenters. The largest absolute Gasteiger partial charge is 0.416 e. The summed E-state index contributed by atoms with van der Waals surface area (Å²) < 4.78 is 80.7. The molecule has 8 heteroatoms. The molecule has 0 bridgehead atoms.